The van der Waals surface area contributed by atoms with Gasteiger partial charge in [-0.1, -0.05) is 17.7 Å². The van der Waals surface area contributed by atoms with Crippen LogP contribution in [0.3, 0.4) is 0 Å². The molecule has 0 spiro atoms. The molecule has 0 fully saturated rings. The number of benzene rings is 1. The molecule has 10 heteroatoms. The minimum Gasteiger partial charge on any atom is -0.443 e. The minimum atomic E-state index is -0.877. The summed E-state index contributed by atoms with van der Waals surface area (Å²) in [6.07, 6.45) is -1.75. The summed E-state index contributed by atoms with van der Waals surface area (Å²) in [5, 5.41) is 2.53. The van der Waals surface area contributed by atoms with Gasteiger partial charge in [-0.25, -0.2) is 19.3 Å². The Labute approximate surface area is 175 Å². The Morgan fingerprint density at radius 2 is 1.54 bits per heavy atom. The number of primary amides is 1. The summed E-state index contributed by atoms with van der Waals surface area (Å²) >= 11 is 10.6. The second-order valence-corrected chi connectivity index (χ2v) is 8.80. The Bertz CT molecular complexity index is 744. The highest BCUT2D eigenvalue weighted by Gasteiger charge is 2.32. The smallest absolute Gasteiger partial charge is 0.420 e. The highest BCUT2D eigenvalue weighted by atomic mass is 35.5. The van der Waals surface area contributed by atoms with E-state index in [0.717, 1.165) is 4.90 Å². The molecule has 0 unspecified atom stereocenters. The van der Waals surface area contributed by atoms with Gasteiger partial charge in [0.05, 0.1) is 17.3 Å². The molecule has 1 aromatic carbocycles. The maximum Gasteiger partial charge on any atom is 0.420 e. The molecule has 0 saturated heterocycles. The fourth-order valence-corrected chi connectivity index (χ4v) is 2.47. The maximum atomic E-state index is 12.6. The number of amides is 4. The van der Waals surface area contributed by atoms with Crippen molar-refractivity contribution in [1.29, 1.82) is 0 Å². The Hall–Kier alpha value is -2.13. The third kappa shape index (κ3) is 7.47. The van der Waals surface area contributed by atoms with Crippen molar-refractivity contribution in [2.24, 2.45) is 5.73 Å². The first kappa shape index (κ1) is 23.9. The monoisotopic (exact) mass is 431 g/mol. The molecule has 28 heavy (non-hydrogen) atoms. The molecule has 0 aliphatic heterocycles. The number of urea groups is 1. The molecule has 3 N–H and O–H groups in total. The summed E-state index contributed by atoms with van der Waals surface area (Å²) < 4.78 is 10.6. The fraction of sp³-hybridized carbons (Fsp3) is 0.500. The number of halogens is 1. The fourth-order valence-electron chi connectivity index (χ4n) is 1.97. The largest absolute Gasteiger partial charge is 0.443 e. The Morgan fingerprint density at radius 1 is 1.07 bits per heavy atom. The van der Waals surface area contributed by atoms with Crippen LogP contribution in [0, 0.1) is 0 Å². The number of rotatable bonds is 3. The SMILES string of the molecule is CC(C)(C)OC(=O)N(Cc1ccc(NC(N)=O)c(S)c1Cl)C(=O)OC(C)(C)C. The van der Waals surface area contributed by atoms with Gasteiger partial charge in [-0.3, -0.25) is 0 Å². The predicted molar refractivity (Wildman–Crippen MR) is 110 cm³/mol. The van der Waals surface area contributed by atoms with E-state index in [1.807, 2.05) is 0 Å². The summed E-state index contributed by atoms with van der Waals surface area (Å²) in [7, 11) is 0. The van der Waals surface area contributed by atoms with Gasteiger partial charge in [-0.2, -0.15) is 0 Å². The molecule has 0 saturated carbocycles. The number of hydrogen-bond donors (Lipinski definition) is 3. The van der Waals surface area contributed by atoms with Crippen molar-refractivity contribution in [1.82, 2.24) is 4.90 Å². The summed E-state index contributed by atoms with van der Waals surface area (Å²) in [6, 6.07) is 2.27. The molecule has 0 aliphatic carbocycles. The Balaban J connectivity index is 3.22. The highest BCUT2D eigenvalue weighted by molar-refractivity contribution is 7.80. The van der Waals surface area contributed by atoms with Crippen molar-refractivity contribution in [2.45, 2.75) is 64.2 Å². The molecule has 0 bridgehead atoms. The van der Waals surface area contributed by atoms with Crippen LogP contribution in [0.5, 0.6) is 0 Å². The second kappa shape index (κ2) is 8.91. The van der Waals surface area contributed by atoms with Crippen molar-refractivity contribution >= 4 is 48.1 Å². The third-order valence-electron chi connectivity index (χ3n) is 3.01. The summed E-state index contributed by atoms with van der Waals surface area (Å²) in [5.74, 6) is 0. The van der Waals surface area contributed by atoms with E-state index in [2.05, 4.69) is 17.9 Å². The van der Waals surface area contributed by atoms with Gasteiger partial charge in [0.2, 0.25) is 0 Å². The number of anilines is 1. The molecule has 0 heterocycles. The molecular formula is C18H26ClN3O5S. The van der Waals surface area contributed by atoms with Gasteiger partial charge in [-0.05, 0) is 53.2 Å². The van der Waals surface area contributed by atoms with E-state index >= 15 is 0 Å². The topological polar surface area (TPSA) is 111 Å². The number of nitrogens with one attached hydrogen (secondary N) is 1. The summed E-state index contributed by atoms with van der Waals surface area (Å²) in [6.45, 7) is 9.88. The molecule has 4 amide bonds. The van der Waals surface area contributed by atoms with E-state index in [1.165, 1.54) is 12.1 Å². The van der Waals surface area contributed by atoms with Crippen molar-refractivity contribution < 1.29 is 23.9 Å². The van der Waals surface area contributed by atoms with Crippen LogP contribution in [0.4, 0.5) is 20.1 Å². The highest BCUT2D eigenvalue weighted by Crippen LogP contribution is 2.32. The zero-order valence-corrected chi connectivity index (χ0v) is 18.4. The number of thiol groups is 1. The molecular weight excluding hydrogens is 406 g/mol. The van der Waals surface area contributed by atoms with Gasteiger partial charge in [0.25, 0.3) is 0 Å². The first-order valence-electron chi connectivity index (χ1n) is 8.41. The Morgan fingerprint density at radius 3 is 1.93 bits per heavy atom. The summed E-state index contributed by atoms with van der Waals surface area (Å²) in [4.78, 5) is 37.2. The molecule has 1 aromatic rings. The van der Waals surface area contributed by atoms with Crippen molar-refractivity contribution in [2.75, 3.05) is 5.32 Å². The van der Waals surface area contributed by atoms with Gasteiger partial charge in [-0.15, -0.1) is 12.6 Å². The molecule has 156 valence electrons. The van der Waals surface area contributed by atoms with Crippen molar-refractivity contribution in [3.05, 3.63) is 22.7 Å². The predicted octanol–water partition coefficient (Wildman–Crippen LogP) is 4.79. The van der Waals surface area contributed by atoms with Crippen LogP contribution in [0.15, 0.2) is 17.0 Å². The quantitative estimate of drug-likeness (QED) is 0.595. The lowest BCUT2D eigenvalue weighted by molar-refractivity contribution is -0.000247. The number of carbonyl (C=O) groups excluding carboxylic acids is 3. The van der Waals surface area contributed by atoms with Gasteiger partial charge in [0.15, 0.2) is 0 Å². The van der Waals surface area contributed by atoms with Gasteiger partial charge >= 0.3 is 18.2 Å². The van der Waals surface area contributed by atoms with Crippen LogP contribution in [-0.4, -0.2) is 34.3 Å². The lowest BCUT2D eigenvalue weighted by Gasteiger charge is -2.29. The second-order valence-electron chi connectivity index (χ2n) is 7.97. The van der Waals surface area contributed by atoms with Crippen molar-refractivity contribution in [3.63, 3.8) is 0 Å². The average Bonchev–Trinajstić information content (AvgIpc) is 2.47. The number of nitrogens with two attached hydrogens (primary N) is 1. The Kier molecular flexibility index (Phi) is 7.61. The average molecular weight is 432 g/mol. The maximum absolute atomic E-state index is 12.6. The molecule has 0 radical (unpaired) electrons. The van der Waals surface area contributed by atoms with Crippen LogP contribution in [0.1, 0.15) is 47.1 Å². The number of nitrogens with zero attached hydrogens (tertiary/aromatic N) is 1. The standard InChI is InChI=1S/C18H26ClN3O5S/c1-17(2,3)26-15(24)22(16(25)27-18(4,5)6)9-10-7-8-11(21-14(20)23)13(28)12(10)19/h7-8,28H,9H2,1-6H3,(H3,20,21,23). The zero-order chi connectivity index (χ0) is 21.9. The van der Waals surface area contributed by atoms with Gasteiger partial charge < -0.3 is 20.5 Å². The minimum absolute atomic E-state index is 0.145. The van der Waals surface area contributed by atoms with E-state index in [0.29, 0.717) is 11.3 Å². The third-order valence-corrected chi connectivity index (χ3v) is 4.04. The van der Waals surface area contributed by atoms with Crippen LogP contribution in [0.25, 0.3) is 0 Å². The first-order valence-corrected chi connectivity index (χ1v) is 9.23. The lowest BCUT2D eigenvalue weighted by atomic mass is 10.2. The molecule has 0 aromatic heterocycles. The number of ether oxygens (including phenoxy) is 2. The van der Waals surface area contributed by atoms with E-state index in [1.54, 1.807) is 41.5 Å². The number of carbonyl (C=O) groups is 3. The number of hydrogen-bond acceptors (Lipinski definition) is 6. The van der Waals surface area contributed by atoms with E-state index < -0.39 is 29.4 Å². The van der Waals surface area contributed by atoms with E-state index in [-0.39, 0.29) is 16.5 Å². The van der Waals surface area contributed by atoms with Gasteiger partial charge in [0.1, 0.15) is 11.2 Å². The molecule has 0 atom stereocenters. The van der Waals surface area contributed by atoms with Crippen LogP contribution < -0.4 is 11.1 Å². The van der Waals surface area contributed by atoms with Gasteiger partial charge in [0, 0.05) is 4.90 Å². The molecule has 8 nitrogen and oxygen atoms in total. The zero-order valence-electron chi connectivity index (χ0n) is 16.8. The summed E-state index contributed by atoms with van der Waals surface area (Å²) in [5.41, 5.74) is 4.17. The van der Waals surface area contributed by atoms with Crippen LogP contribution in [-0.2, 0) is 16.0 Å². The van der Waals surface area contributed by atoms with E-state index in [4.69, 9.17) is 26.8 Å². The van der Waals surface area contributed by atoms with Crippen LogP contribution >= 0.6 is 24.2 Å². The normalized spacial score (nSPS) is 11.6. The first-order chi connectivity index (χ1) is 12.6. The number of imide groups is 1. The van der Waals surface area contributed by atoms with Crippen molar-refractivity contribution in [3.8, 4) is 0 Å². The lowest BCUT2D eigenvalue weighted by Crippen LogP contribution is -2.43. The van der Waals surface area contributed by atoms with E-state index in [9.17, 15) is 14.4 Å². The molecule has 0 aliphatic rings. The van der Waals surface area contributed by atoms with Crippen LogP contribution in [0.2, 0.25) is 5.02 Å². The molecule has 1 rings (SSSR count).